The smallest absolute Gasteiger partial charge is 0.272 e. The Kier molecular flexibility index (Phi) is 7.44. The van der Waals surface area contributed by atoms with Crippen molar-refractivity contribution in [2.75, 3.05) is 25.1 Å². The second-order valence-corrected chi connectivity index (χ2v) is 5.07. The third kappa shape index (κ3) is 5.51. The van der Waals surface area contributed by atoms with Gasteiger partial charge in [-0.15, -0.1) is 0 Å². The van der Waals surface area contributed by atoms with E-state index in [1.165, 1.54) is 12.2 Å². The molecule has 4 nitrogen and oxygen atoms in total. The number of unbranched alkanes of at least 4 members (excludes halogenated alkanes) is 1. The van der Waals surface area contributed by atoms with Crippen LogP contribution in [-0.2, 0) is 6.42 Å². The lowest BCUT2D eigenvalue weighted by atomic mass is 10.1. The first-order valence-electron chi connectivity index (χ1n) is 6.17. The lowest BCUT2D eigenvalue weighted by molar-refractivity contribution is -0.385. The van der Waals surface area contributed by atoms with E-state index in [2.05, 4.69) is 11.6 Å². The van der Waals surface area contributed by atoms with Crippen LogP contribution in [0.2, 0.25) is 0 Å². The number of hydrogen-bond donors (Lipinski definition) is 1. The van der Waals surface area contributed by atoms with Crippen LogP contribution < -0.4 is 5.32 Å². The minimum Gasteiger partial charge on any atom is -0.316 e. The van der Waals surface area contributed by atoms with Crippen LogP contribution in [0, 0.1) is 10.1 Å². The number of benzene rings is 1. The topological polar surface area (TPSA) is 55.2 Å². The molecule has 0 aromatic heterocycles. The number of hydrogen-bond acceptors (Lipinski definition) is 4. The van der Waals surface area contributed by atoms with Gasteiger partial charge in [0, 0.05) is 11.6 Å². The zero-order valence-corrected chi connectivity index (χ0v) is 11.5. The van der Waals surface area contributed by atoms with Crippen molar-refractivity contribution >= 4 is 17.4 Å². The van der Waals surface area contributed by atoms with Crippen molar-refractivity contribution in [3.05, 3.63) is 39.9 Å². The largest absolute Gasteiger partial charge is 0.316 e. The number of para-hydroxylation sites is 1. The van der Waals surface area contributed by atoms with Gasteiger partial charge in [-0.05, 0) is 44.4 Å². The highest BCUT2D eigenvalue weighted by molar-refractivity contribution is 7.98. The first-order valence-corrected chi connectivity index (χ1v) is 7.57. The first kappa shape index (κ1) is 15.0. The maximum Gasteiger partial charge on any atom is 0.272 e. The molecular weight excluding hydrogens is 248 g/mol. The molecule has 0 aliphatic heterocycles. The van der Waals surface area contributed by atoms with Crippen molar-refractivity contribution in [3.8, 4) is 0 Å². The molecule has 1 aromatic rings. The van der Waals surface area contributed by atoms with E-state index < -0.39 is 0 Å². The molecule has 0 amide bonds. The van der Waals surface area contributed by atoms with Crippen LogP contribution >= 0.6 is 11.8 Å². The molecule has 100 valence electrons. The van der Waals surface area contributed by atoms with E-state index in [9.17, 15) is 10.1 Å². The van der Waals surface area contributed by atoms with Crippen molar-refractivity contribution in [2.45, 2.75) is 19.3 Å². The van der Waals surface area contributed by atoms with Crippen molar-refractivity contribution in [1.29, 1.82) is 0 Å². The summed E-state index contributed by atoms with van der Waals surface area (Å²) >= 11 is 1.86. The molecule has 1 aromatic carbocycles. The molecule has 5 heteroatoms. The molecule has 1 N–H and O–H groups in total. The average molecular weight is 268 g/mol. The molecule has 0 atom stereocenters. The number of nitrogens with zero attached hydrogens (tertiary/aromatic N) is 1. The number of thioether (sulfide) groups is 1. The molecule has 0 unspecified atom stereocenters. The number of nitrogens with one attached hydrogen (secondary N) is 1. The van der Waals surface area contributed by atoms with Crippen molar-refractivity contribution in [3.63, 3.8) is 0 Å². The van der Waals surface area contributed by atoms with Crippen LogP contribution in [0.25, 0.3) is 0 Å². The third-order valence-electron chi connectivity index (χ3n) is 2.71. The predicted molar refractivity (Wildman–Crippen MR) is 77.3 cm³/mol. The summed E-state index contributed by atoms with van der Waals surface area (Å²) < 4.78 is 0. The van der Waals surface area contributed by atoms with Gasteiger partial charge >= 0.3 is 0 Å². The van der Waals surface area contributed by atoms with Crippen LogP contribution in [-0.4, -0.2) is 30.0 Å². The van der Waals surface area contributed by atoms with Crippen LogP contribution in [0.4, 0.5) is 5.69 Å². The average Bonchev–Trinajstić information content (AvgIpc) is 2.38. The Morgan fingerprint density at radius 3 is 2.78 bits per heavy atom. The minimum atomic E-state index is -0.312. The van der Waals surface area contributed by atoms with E-state index >= 15 is 0 Å². The molecule has 0 spiro atoms. The molecule has 0 saturated carbocycles. The van der Waals surface area contributed by atoms with Gasteiger partial charge in [-0.25, -0.2) is 0 Å². The molecular formula is C13H20N2O2S. The van der Waals surface area contributed by atoms with Gasteiger partial charge in [0.2, 0.25) is 0 Å². The minimum absolute atomic E-state index is 0.224. The van der Waals surface area contributed by atoms with Crippen molar-refractivity contribution in [2.24, 2.45) is 0 Å². The molecule has 0 aliphatic rings. The van der Waals surface area contributed by atoms with Crippen LogP contribution in [0.1, 0.15) is 18.4 Å². The molecule has 0 bridgehead atoms. The highest BCUT2D eigenvalue weighted by Crippen LogP contribution is 2.17. The third-order valence-corrected chi connectivity index (χ3v) is 3.41. The quantitative estimate of drug-likeness (QED) is 0.425. The van der Waals surface area contributed by atoms with E-state index in [0.717, 1.165) is 25.1 Å². The zero-order valence-electron chi connectivity index (χ0n) is 10.7. The summed E-state index contributed by atoms with van der Waals surface area (Å²) in [5, 5.41) is 14.1. The van der Waals surface area contributed by atoms with Gasteiger partial charge in [-0.2, -0.15) is 11.8 Å². The molecule has 1 rings (SSSR count). The van der Waals surface area contributed by atoms with Gasteiger partial charge in [0.1, 0.15) is 0 Å². The SMILES string of the molecule is CSCCCCNCCc1ccccc1[N+](=O)[O-]. The van der Waals surface area contributed by atoms with Crippen molar-refractivity contribution in [1.82, 2.24) is 5.32 Å². The van der Waals surface area contributed by atoms with Gasteiger partial charge in [0.15, 0.2) is 0 Å². The number of nitro benzene ring substituents is 1. The second kappa shape index (κ2) is 8.94. The summed E-state index contributed by atoms with van der Waals surface area (Å²) in [6.45, 7) is 1.78. The summed E-state index contributed by atoms with van der Waals surface area (Å²) in [4.78, 5) is 10.5. The summed E-state index contributed by atoms with van der Waals surface area (Å²) in [6, 6.07) is 6.94. The Balaban J connectivity index is 2.25. The van der Waals surface area contributed by atoms with Gasteiger partial charge < -0.3 is 5.32 Å². The van der Waals surface area contributed by atoms with Crippen LogP contribution in [0.15, 0.2) is 24.3 Å². The molecule has 0 fully saturated rings. The Bertz CT molecular complexity index is 372. The lowest BCUT2D eigenvalue weighted by Gasteiger charge is -2.05. The van der Waals surface area contributed by atoms with Crippen molar-refractivity contribution < 1.29 is 4.92 Å². The Labute approximate surface area is 112 Å². The van der Waals surface area contributed by atoms with Crippen LogP contribution in [0.3, 0.4) is 0 Å². The first-order chi connectivity index (χ1) is 8.75. The van der Waals surface area contributed by atoms with E-state index in [1.54, 1.807) is 12.1 Å². The van der Waals surface area contributed by atoms with Crippen LogP contribution in [0.5, 0.6) is 0 Å². The fourth-order valence-electron chi connectivity index (χ4n) is 1.74. The highest BCUT2D eigenvalue weighted by Gasteiger charge is 2.10. The van der Waals surface area contributed by atoms with E-state index in [4.69, 9.17) is 0 Å². The second-order valence-electron chi connectivity index (χ2n) is 4.09. The predicted octanol–water partition coefficient (Wildman–Crippen LogP) is 2.87. The normalized spacial score (nSPS) is 10.5. The fourth-order valence-corrected chi connectivity index (χ4v) is 2.24. The number of nitro groups is 1. The summed E-state index contributed by atoms with van der Waals surface area (Å²) in [6.07, 6.45) is 5.21. The monoisotopic (exact) mass is 268 g/mol. The Morgan fingerprint density at radius 1 is 1.28 bits per heavy atom. The lowest BCUT2D eigenvalue weighted by Crippen LogP contribution is -2.19. The standard InChI is InChI=1S/C13H20N2O2S/c1-18-11-5-4-9-14-10-8-12-6-2-3-7-13(12)15(16)17/h2-3,6-7,14H,4-5,8-11H2,1H3. The maximum absolute atomic E-state index is 10.8. The summed E-state index contributed by atoms with van der Waals surface area (Å²) in [5.74, 6) is 1.20. The van der Waals surface area contributed by atoms with E-state index in [-0.39, 0.29) is 10.6 Å². The molecule has 0 heterocycles. The van der Waals surface area contributed by atoms with E-state index in [1.807, 2.05) is 23.9 Å². The Hall–Kier alpha value is -1.07. The van der Waals surface area contributed by atoms with Gasteiger partial charge in [0.05, 0.1) is 4.92 Å². The molecule has 0 radical (unpaired) electrons. The summed E-state index contributed by atoms with van der Waals surface area (Å²) in [5.41, 5.74) is 1.03. The highest BCUT2D eigenvalue weighted by atomic mass is 32.2. The zero-order chi connectivity index (χ0) is 13.2. The summed E-state index contributed by atoms with van der Waals surface area (Å²) in [7, 11) is 0. The van der Waals surface area contributed by atoms with Gasteiger partial charge in [-0.1, -0.05) is 18.2 Å². The molecule has 18 heavy (non-hydrogen) atoms. The number of rotatable bonds is 9. The maximum atomic E-state index is 10.8. The van der Waals surface area contributed by atoms with Gasteiger partial charge in [0.25, 0.3) is 5.69 Å². The Morgan fingerprint density at radius 2 is 2.06 bits per heavy atom. The fraction of sp³-hybridized carbons (Fsp3) is 0.538. The molecule has 0 aliphatic carbocycles. The van der Waals surface area contributed by atoms with E-state index in [0.29, 0.717) is 6.42 Å². The molecule has 0 saturated heterocycles. The van der Waals surface area contributed by atoms with Gasteiger partial charge in [-0.3, -0.25) is 10.1 Å².